The molecule has 4 aromatic heterocycles. The first kappa shape index (κ1) is 25.7. The van der Waals surface area contributed by atoms with E-state index in [2.05, 4.69) is 31.8 Å². The average molecular weight is 504 g/mol. The summed E-state index contributed by atoms with van der Waals surface area (Å²) in [4.78, 5) is 21.7. The minimum Gasteiger partial charge on any atom is -0.387 e. The van der Waals surface area contributed by atoms with Crippen LogP contribution in [-0.2, 0) is 11.3 Å². The summed E-state index contributed by atoms with van der Waals surface area (Å²) in [5.74, 6) is -0.564. The number of aliphatic hydroxyl groups is 1. The van der Waals surface area contributed by atoms with Crippen molar-refractivity contribution in [1.82, 2.24) is 24.9 Å². The van der Waals surface area contributed by atoms with E-state index < -0.39 is 17.7 Å². The first-order valence-corrected chi connectivity index (χ1v) is 11.4. The summed E-state index contributed by atoms with van der Waals surface area (Å²) in [5, 5.41) is 29.1. The van der Waals surface area contributed by atoms with Crippen molar-refractivity contribution >= 4 is 22.8 Å². The van der Waals surface area contributed by atoms with Crippen LogP contribution in [0.15, 0.2) is 55.1 Å². The summed E-state index contributed by atoms with van der Waals surface area (Å²) in [7, 11) is 1.58. The van der Waals surface area contributed by atoms with E-state index in [1.54, 1.807) is 36.2 Å². The Morgan fingerprint density at radius 2 is 2.05 bits per heavy atom. The molecular weight excluding hydrogens is 477 g/mol. The number of amides is 1. The van der Waals surface area contributed by atoms with Crippen molar-refractivity contribution in [2.75, 3.05) is 19.0 Å². The third-order valence-corrected chi connectivity index (χ3v) is 5.63. The standard InChI is InChI=1S/C26H26FN7O3/c1-26(2,36)24(27)14-31-25(35)20-13-30-22(23-5-4-19-7-16(9-28)11-32-34(19)23)8-21(20)33-18-6-17(15-37-3)10-29-12-18/h4-8,10-13,24,36H,14-15H2,1-3H3,(H,30,33)(H,31,35). The number of hydrogen-bond acceptors (Lipinski definition) is 8. The maximum Gasteiger partial charge on any atom is 0.255 e. The summed E-state index contributed by atoms with van der Waals surface area (Å²) in [6.07, 6.45) is 4.46. The van der Waals surface area contributed by atoms with Gasteiger partial charge in [0.15, 0.2) is 0 Å². The predicted octanol–water partition coefficient (Wildman–Crippen LogP) is 3.39. The zero-order valence-corrected chi connectivity index (χ0v) is 20.6. The van der Waals surface area contributed by atoms with E-state index in [1.807, 2.05) is 18.2 Å². The van der Waals surface area contributed by atoms with E-state index in [9.17, 15) is 14.3 Å². The van der Waals surface area contributed by atoms with Crippen molar-refractivity contribution in [2.24, 2.45) is 0 Å². The van der Waals surface area contributed by atoms with E-state index in [0.717, 1.165) is 5.56 Å². The number of rotatable bonds is 9. The van der Waals surface area contributed by atoms with Gasteiger partial charge in [0.25, 0.3) is 5.91 Å². The van der Waals surface area contributed by atoms with Crippen LogP contribution >= 0.6 is 0 Å². The average Bonchev–Trinajstić information content (AvgIpc) is 3.30. The minimum atomic E-state index is -1.66. The molecule has 0 aromatic carbocycles. The van der Waals surface area contributed by atoms with Crippen LogP contribution in [0.1, 0.15) is 35.3 Å². The van der Waals surface area contributed by atoms with Crippen LogP contribution in [0.3, 0.4) is 0 Å². The highest BCUT2D eigenvalue weighted by Crippen LogP contribution is 2.28. The van der Waals surface area contributed by atoms with Gasteiger partial charge < -0.3 is 20.5 Å². The maximum atomic E-state index is 14.3. The lowest BCUT2D eigenvalue weighted by Crippen LogP contribution is -2.42. The number of carbonyl (C=O) groups is 1. The van der Waals surface area contributed by atoms with Gasteiger partial charge in [0.05, 0.1) is 70.6 Å². The lowest BCUT2D eigenvalue weighted by molar-refractivity contribution is -0.00177. The molecule has 4 heterocycles. The SMILES string of the molecule is COCc1cncc(Nc2cc(-c3ccc4cc(C#N)cnn34)ncc2C(=O)NCC(F)C(C)(C)O)c1. The Morgan fingerprint density at radius 3 is 2.78 bits per heavy atom. The van der Waals surface area contributed by atoms with Crippen LogP contribution in [0.5, 0.6) is 0 Å². The van der Waals surface area contributed by atoms with Crippen LogP contribution in [-0.4, -0.2) is 56.0 Å². The van der Waals surface area contributed by atoms with Crippen LogP contribution < -0.4 is 10.6 Å². The van der Waals surface area contributed by atoms with Crippen molar-refractivity contribution in [2.45, 2.75) is 32.2 Å². The molecule has 1 amide bonds. The number of nitriles is 1. The number of halogens is 1. The fourth-order valence-electron chi connectivity index (χ4n) is 3.62. The Hall–Kier alpha value is -4.40. The molecule has 37 heavy (non-hydrogen) atoms. The second-order valence-electron chi connectivity index (χ2n) is 9.00. The maximum absolute atomic E-state index is 14.3. The van der Waals surface area contributed by atoms with Gasteiger partial charge in [-0.2, -0.15) is 10.4 Å². The van der Waals surface area contributed by atoms with E-state index in [-0.39, 0.29) is 12.1 Å². The van der Waals surface area contributed by atoms with Gasteiger partial charge in [-0.05, 0) is 49.7 Å². The van der Waals surface area contributed by atoms with Crippen molar-refractivity contribution in [1.29, 1.82) is 5.26 Å². The monoisotopic (exact) mass is 503 g/mol. The highest BCUT2D eigenvalue weighted by Gasteiger charge is 2.27. The Balaban J connectivity index is 1.71. The molecule has 0 aliphatic carbocycles. The molecule has 0 saturated carbocycles. The predicted molar refractivity (Wildman–Crippen MR) is 135 cm³/mol. The summed E-state index contributed by atoms with van der Waals surface area (Å²) in [6.45, 7) is 2.66. The lowest BCUT2D eigenvalue weighted by atomic mass is 10.0. The zero-order valence-electron chi connectivity index (χ0n) is 20.6. The molecule has 0 spiro atoms. The Morgan fingerprint density at radius 1 is 1.24 bits per heavy atom. The van der Waals surface area contributed by atoms with E-state index in [0.29, 0.717) is 40.4 Å². The molecule has 0 aliphatic heterocycles. The van der Waals surface area contributed by atoms with Gasteiger partial charge in [0.1, 0.15) is 12.2 Å². The Labute approximate surface area is 212 Å². The topological polar surface area (TPSA) is 137 Å². The molecule has 0 fully saturated rings. The third kappa shape index (κ3) is 5.88. The highest BCUT2D eigenvalue weighted by molar-refractivity contribution is 6.00. The summed E-state index contributed by atoms with van der Waals surface area (Å²) in [5.41, 5.74) is 2.71. The molecular formula is C26H26FN7O3. The second kappa shape index (κ2) is 10.7. The van der Waals surface area contributed by atoms with Gasteiger partial charge in [-0.3, -0.25) is 14.8 Å². The number of nitrogens with one attached hydrogen (secondary N) is 2. The van der Waals surface area contributed by atoms with Gasteiger partial charge >= 0.3 is 0 Å². The van der Waals surface area contributed by atoms with Crippen LogP contribution in [0, 0.1) is 11.3 Å². The normalized spacial score (nSPS) is 12.2. The van der Waals surface area contributed by atoms with Crippen LogP contribution in [0.2, 0.25) is 0 Å². The highest BCUT2D eigenvalue weighted by atomic mass is 19.1. The Kier molecular flexibility index (Phi) is 7.42. The van der Waals surface area contributed by atoms with Gasteiger partial charge in [-0.15, -0.1) is 0 Å². The van der Waals surface area contributed by atoms with Gasteiger partial charge in [0, 0.05) is 19.5 Å². The fraction of sp³-hybridized carbons (Fsp3) is 0.269. The number of nitrogens with zero attached hydrogens (tertiary/aromatic N) is 5. The molecule has 4 rings (SSSR count). The molecule has 0 aliphatic rings. The fourth-order valence-corrected chi connectivity index (χ4v) is 3.62. The van der Waals surface area contributed by atoms with Crippen molar-refractivity contribution in [3.8, 4) is 17.5 Å². The number of methoxy groups -OCH3 is 1. The van der Waals surface area contributed by atoms with Crippen molar-refractivity contribution < 1.29 is 19.0 Å². The van der Waals surface area contributed by atoms with Crippen LogP contribution in [0.25, 0.3) is 16.9 Å². The molecule has 1 atom stereocenters. The Bertz CT molecular complexity index is 1470. The van der Waals surface area contributed by atoms with Gasteiger partial charge in [-0.1, -0.05) is 0 Å². The number of hydrogen-bond donors (Lipinski definition) is 3. The molecule has 10 nitrogen and oxygen atoms in total. The molecule has 11 heteroatoms. The minimum absolute atomic E-state index is 0.171. The van der Waals surface area contributed by atoms with Crippen molar-refractivity contribution in [3.63, 3.8) is 0 Å². The number of ether oxygens (including phenoxy) is 1. The van der Waals surface area contributed by atoms with E-state index in [4.69, 9.17) is 10.00 Å². The molecule has 3 N–H and O–H groups in total. The number of carbonyl (C=O) groups excluding carboxylic acids is 1. The first-order valence-electron chi connectivity index (χ1n) is 11.4. The molecule has 0 radical (unpaired) electrons. The number of pyridine rings is 2. The molecule has 1 unspecified atom stereocenters. The molecule has 0 bridgehead atoms. The zero-order chi connectivity index (χ0) is 26.6. The van der Waals surface area contributed by atoms with Crippen LogP contribution in [0.4, 0.5) is 15.8 Å². The second-order valence-corrected chi connectivity index (χ2v) is 9.00. The quantitative estimate of drug-likeness (QED) is 0.316. The third-order valence-electron chi connectivity index (χ3n) is 5.63. The van der Waals surface area contributed by atoms with Gasteiger partial charge in [-0.25, -0.2) is 8.91 Å². The smallest absolute Gasteiger partial charge is 0.255 e. The molecule has 4 aromatic rings. The molecule has 190 valence electrons. The first-order chi connectivity index (χ1) is 17.7. The number of fused-ring (bicyclic) bond motifs is 1. The van der Waals surface area contributed by atoms with E-state index in [1.165, 1.54) is 26.2 Å². The largest absolute Gasteiger partial charge is 0.387 e. The molecule has 0 saturated heterocycles. The van der Waals surface area contributed by atoms with Gasteiger partial charge in [0.2, 0.25) is 0 Å². The van der Waals surface area contributed by atoms with E-state index >= 15 is 0 Å². The summed E-state index contributed by atoms with van der Waals surface area (Å²) < 4.78 is 21.1. The van der Waals surface area contributed by atoms with Crippen molar-refractivity contribution in [3.05, 3.63) is 71.8 Å². The number of anilines is 2. The lowest BCUT2D eigenvalue weighted by Gasteiger charge is -2.22. The number of aromatic nitrogens is 4. The summed E-state index contributed by atoms with van der Waals surface area (Å²) >= 11 is 0. The summed E-state index contributed by atoms with van der Waals surface area (Å²) in [6, 6.07) is 10.9. The number of alkyl halides is 1.